The Kier molecular flexibility index (Phi) is 7.05. The molecular weight excluding hydrogens is 228 g/mol. The van der Waals surface area contributed by atoms with Gasteiger partial charge in [-0.15, -0.1) is 0 Å². The Morgan fingerprint density at radius 2 is 1.94 bits per heavy atom. The molecule has 1 aromatic rings. The van der Waals surface area contributed by atoms with Crippen LogP contribution >= 0.6 is 0 Å². The number of anilines is 1. The number of aliphatic carboxylic acids is 1. The summed E-state index contributed by atoms with van der Waals surface area (Å²) in [7, 11) is 4.10. The molecule has 0 saturated heterocycles. The fraction of sp³-hybridized carbons (Fsp3) is 0.500. The number of nitrogens with zero attached hydrogens (tertiary/aromatic N) is 1. The Morgan fingerprint density at radius 1 is 1.44 bits per heavy atom. The van der Waals surface area contributed by atoms with Gasteiger partial charge in [-0.25, -0.2) is 0 Å². The second-order valence-electron chi connectivity index (χ2n) is 4.47. The Bertz CT molecular complexity index is 385. The summed E-state index contributed by atoms with van der Waals surface area (Å²) in [5, 5.41) is 7.42. The molecular formula is C14H24N2O2. The van der Waals surface area contributed by atoms with Crippen molar-refractivity contribution in [3.8, 4) is 0 Å². The van der Waals surface area contributed by atoms with Gasteiger partial charge in [-0.05, 0) is 36.6 Å². The van der Waals surface area contributed by atoms with Crippen molar-refractivity contribution < 1.29 is 9.90 Å². The van der Waals surface area contributed by atoms with Gasteiger partial charge in [0.15, 0.2) is 0 Å². The first-order valence-corrected chi connectivity index (χ1v) is 6.02. The van der Waals surface area contributed by atoms with Gasteiger partial charge >= 0.3 is 0 Å². The third kappa shape index (κ3) is 5.68. The van der Waals surface area contributed by atoms with Crippen LogP contribution in [0.15, 0.2) is 18.2 Å². The van der Waals surface area contributed by atoms with Crippen LogP contribution in [0.3, 0.4) is 0 Å². The molecule has 0 radical (unpaired) electrons. The lowest BCUT2D eigenvalue weighted by Gasteiger charge is -2.17. The van der Waals surface area contributed by atoms with E-state index in [0.717, 1.165) is 13.3 Å². The maximum atomic E-state index is 9.00. The molecule has 1 rings (SSSR count). The third-order valence-electron chi connectivity index (χ3n) is 2.61. The average Bonchev–Trinajstić information content (AvgIpc) is 2.27. The molecule has 4 heteroatoms. The fourth-order valence-electron chi connectivity index (χ4n) is 1.57. The maximum absolute atomic E-state index is 9.00. The molecule has 0 spiro atoms. The molecule has 0 heterocycles. The number of carboxylic acid groups (broad SMARTS) is 1. The van der Waals surface area contributed by atoms with Gasteiger partial charge in [-0.2, -0.15) is 0 Å². The Hall–Kier alpha value is -1.55. The zero-order chi connectivity index (χ0) is 14.3. The normalized spacial score (nSPS) is 11.2. The summed E-state index contributed by atoms with van der Waals surface area (Å²) in [5.41, 5.74) is 9.78. The lowest BCUT2D eigenvalue weighted by Crippen LogP contribution is -2.12. The van der Waals surface area contributed by atoms with E-state index in [9.17, 15) is 0 Å². The second-order valence-corrected chi connectivity index (χ2v) is 4.47. The smallest absolute Gasteiger partial charge is 0.300 e. The number of carbonyl (C=O) groups is 1. The maximum Gasteiger partial charge on any atom is 0.300 e. The van der Waals surface area contributed by atoms with Crippen molar-refractivity contribution in [2.45, 2.75) is 33.2 Å². The quantitative estimate of drug-likeness (QED) is 0.867. The van der Waals surface area contributed by atoms with Crippen molar-refractivity contribution in [1.29, 1.82) is 0 Å². The Morgan fingerprint density at radius 3 is 2.28 bits per heavy atom. The van der Waals surface area contributed by atoms with E-state index in [1.807, 2.05) is 14.1 Å². The number of hydrogen-bond donors (Lipinski definition) is 2. The highest BCUT2D eigenvalue weighted by molar-refractivity contribution is 5.62. The van der Waals surface area contributed by atoms with E-state index in [4.69, 9.17) is 15.6 Å². The number of hydrogen-bond acceptors (Lipinski definition) is 3. The van der Waals surface area contributed by atoms with E-state index in [-0.39, 0.29) is 6.04 Å². The SMILES string of the molecule is CC(=O)O.CCC(N)c1ccc(N(C)C)cc1C. The Labute approximate surface area is 109 Å². The lowest BCUT2D eigenvalue weighted by atomic mass is 9.99. The molecule has 0 fully saturated rings. The molecule has 0 aromatic heterocycles. The van der Waals surface area contributed by atoms with Gasteiger partial charge in [0.2, 0.25) is 0 Å². The van der Waals surface area contributed by atoms with E-state index in [1.54, 1.807) is 0 Å². The van der Waals surface area contributed by atoms with Crippen LogP contribution in [0.5, 0.6) is 0 Å². The molecule has 0 saturated carbocycles. The van der Waals surface area contributed by atoms with Crippen molar-refractivity contribution in [2.75, 3.05) is 19.0 Å². The third-order valence-corrected chi connectivity index (χ3v) is 2.61. The van der Waals surface area contributed by atoms with Gasteiger partial charge in [0.05, 0.1) is 0 Å². The fourth-order valence-corrected chi connectivity index (χ4v) is 1.57. The van der Waals surface area contributed by atoms with Crippen LogP contribution in [0, 0.1) is 6.92 Å². The van der Waals surface area contributed by atoms with Crippen LogP contribution in [-0.4, -0.2) is 25.2 Å². The number of aryl methyl sites for hydroxylation is 1. The van der Waals surface area contributed by atoms with Crippen LogP contribution < -0.4 is 10.6 Å². The predicted octanol–water partition coefficient (Wildman–Crippen LogP) is 2.56. The first-order chi connectivity index (χ1) is 8.29. The van der Waals surface area contributed by atoms with E-state index < -0.39 is 5.97 Å². The average molecular weight is 252 g/mol. The van der Waals surface area contributed by atoms with Crippen molar-refractivity contribution in [3.63, 3.8) is 0 Å². The molecule has 1 unspecified atom stereocenters. The molecule has 0 amide bonds. The summed E-state index contributed by atoms with van der Waals surface area (Å²) in [4.78, 5) is 11.1. The topological polar surface area (TPSA) is 66.6 Å². The summed E-state index contributed by atoms with van der Waals surface area (Å²) in [6.07, 6.45) is 0.988. The Balaban J connectivity index is 0.000000631. The van der Waals surface area contributed by atoms with Gasteiger partial charge < -0.3 is 15.7 Å². The first kappa shape index (κ1) is 16.4. The number of benzene rings is 1. The van der Waals surface area contributed by atoms with E-state index in [2.05, 4.69) is 36.9 Å². The predicted molar refractivity (Wildman–Crippen MR) is 76.0 cm³/mol. The van der Waals surface area contributed by atoms with E-state index >= 15 is 0 Å². The summed E-state index contributed by atoms with van der Waals surface area (Å²) in [5.74, 6) is -0.833. The van der Waals surface area contributed by atoms with Crippen LogP contribution in [0.1, 0.15) is 37.4 Å². The molecule has 3 N–H and O–H groups in total. The van der Waals surface area contributed by atoms with Gasteiger partial charge in [-0.1, -0.05) is 13.0 Å². The molecule has 0 aliphatic carbocycles. The zero-order valence-electron chi connectivity index (χ0n) is 11.9. The van der Waals surface area contributed by atoms with Crippen LogP contribution in [0.2, 0.25) is 0 Å². The van der Waals surface area contributed by atoms with Crippen molar-refractivity contribution >= 4 is 11.7 Å². The highest BCUT2D eigenvalue weighted by Gasteiger charge is 2.07. The molecule has 102 valence electrons. The zero-order valence-corrected chi connectivity index (χ0v) is 11.9. The largest absolute Gasteiger partial charge is 0.481 e. The standard InChI is InChI=1S/C12H20N2.C2H4O2/c1-5-12(13)11-7-6-10(14(3)4)8-9(11)2;1-2(3)4/h6-8,12H,5,13H2,1-4H3;1H3,(H,3,4). The molecule has 18 heavy (non-hydrogen) atoms. The molecule has 4 nitrogen and oxygen atoms in total. The monoisotopic (exact) mass is 252 g/mol. The van der Waals surface area contributed by atoms with E-state index in [0.29, 0.717) is 0 Å². The van der Waals surface area contributed by atoms with Gasteiger partial charge in [0.1, 0.15) is 0 Å². The molecule has 1 aromatic carbocycles. The number of rotatable bonds is 3. The minimum absolute atomic E-state index is 0.172. The molecule has 0 aliphatic rings. The summed E-state index contributed by atoms with van der Waals surface area (Å²) < 4.78 is 0. The van der Waals surface area contributed by atoms with Crippen molar-refractivity contribution in [3.05, 3.63) is 29.3 Å². The van der Waals surface area contributed by atoms with E-state index in [1.165, 1.54) is 16.8 Å². The summed E-state index contributed by atoms with van der Waals surface area (Å²) in [6.45, 7) is 5.32. The number of nitrogens with two attached hydrogens (primary N) is 1. The van der Waals surface area contributed by atoms with Crippen LogP contribution in [0.25, 0.3) is 0 Å². The van der Waals surface area contributed by atoms with Crippen LogP contribution in [-0.2, 0) is 4.79 Å². The highest BCUT2D eigenvalue weighted by Crippen LogP contribution is 2.22. The molecule has 0 aliphatic heterocycles. The number of carboxylic acids is 1. The van der Waals surface area contributed by atoms with Crippen LogP contribution in [0.4, 0.5) is 5.69 Å². The summed E-state index contributed by atoms with van der Waals surface area (Å²) >= 11 is 0. The van der Waals surface area contributed by atoms with Gasteiger partial charge in [0.25, 0.3) is 5.97 Å². The van der Waals surface area contributed by atoms with Gasteiger partial charge in [0, 0.05) is 32.7 Å². The second kappa shape index (κ2) is 7.71. The van der Waals surface area contributed by atoms with Gasteiger partial charge in [-0.3, -0.25) is 4.79 Å². The lowest BCUT2D eigenvalue weighted by molar-refractivity contribution is -0.134. The minimum atomic E-state index is -0.833. The molecule has 1 atom stereocenters. The minimum Gasteiger partial charge on any atom is -0.481 e. The first-order valence-electron chi connectivity index (χ1n) is 6.02. The summed E-state index contributed by atoms with van der Waals surface area (Å²) in [6, 6.07) is 6.62. The van der Waals surface area contributed by atoms with Crippen molar-refractivity contribution in [2.24, 2.45) is 5.73 Å². The molecule has 0 bridgehead atoms. The van der Waals surface area contributed by atoms with Crippen molar-refractivity contribution in [1.82, 2.24) is 0 Å². The highest BCUT2D eigenvalue weighted by atomic mass is 16.4.